The zero-order valence-electron chi connectivity index (χ0n) is 16.3. The van der Waals surface area contributed by atoms with E-state index in [1.807, 2.05) is 24.3 Å². The number of hydrogen-bond donors (Lipinski definition) is 1. The maximum Gasteiger partial charge on any atom is 0.336 e. The van der Waals surface area contributed by atoms with Crippen molar-refractivity contribution in [3.05, 3.63) is 77.6 Å². The molecule has 29 heavy (non-hydrogen) atoms. The summed E-state index contributed by atoms with van der Waals surface area (Å²) in [5.74, 6) is 1.18. The molecule has 0 aliphatic carbocycles. The number of methoxy groups -OCH3 is 1. The van der Waals surface area contributed by atoms with Crippen LogP contribution in [-0.4, -0.2) is 29.8 Å². The Morgan fingerprint density at radius 3 is 2.72 bits per heavy atom. The van der Waals surface area contributed by atoms with Gasteiger partial charge in [0.15, 0.2) is 0 Å². The minimum absolute atomic E-state index is 0.335. The molecule has 0 bridgehead atoms. The van der Waals surface area contributed by atoms with Crippen LogP contribution in [-0.2, 0) is 6.42 Å². The molecule has 5 nitrogen and oxygen atoms in total. The smallest absolute Gasteiger partial charge is 0.336 e. The fourth-order valence-electron chi connectivity index (χ4n) is 3.89. The number of pyridine rings is 1. The van der Waals surface area contributed by atoms with E-state index in [1.54, 1.807) is 19.4 Å². The van der Waals surface area contributed by atoms with E-state index in [0.717, 1.165) is 41.0 Å². The lowest BCUT2D eigenvalue weighted by atomic mass is 9.86. The van der Waals surface area contributed by atoms with Crippen LogP contribution in [0.3, 0.4) is 0 Å². The first-order valence-electron chi connectivity index (χ1n) is 9.73. The number of hydrogen-bond acceptors (Lipinski definition) is 4. The van der Waals surface area contributed by atoms with Crippen LogP contribution < -0.4 is 9.47 Å². The van der Waals surface area contributed by atoms with E-state index >= 15 is 0 Å². The van der Waals surface area contributed by atoms with Crippen LogP contribution in [0.2, 0.25) is 0 Å². The van der Waals surface area contributed by atoms with Gasteiger partial charge in [-0.3, -0.25) is 4.98 Å². The predicted molar refractivity (Wildman–Crippen MR) is 111 cm³/mol. The van der Waals surface area contributed by atoms with Gasteiger partial charge in [-0.15, -0.1) is 0 Å². The Balaban J connectivity index is 1.53. The number of aryl methyl sites for hydroxylation is 1. The highest BCUT2D eigenvalue weighted by molar-refractivity contribution is 5.89. The summed E-state index contributed by atoms with van der Waals surface area (Å²) in [5.41, 5.74) is 4.52. The van der Waals surface area contributed by atoms with Crippen molar-refractivity contribution in [1.82, 2.24) is 4.98 Å². The second kappa shape index (κ2) is 8.35. The van der Waals surface area contributed by atoms with Gasteiger partial charge in [0.1, 0.15) is 11.5 Å². The largest absolute Gasteiger partial charge is 0.497 e. The van der Waals surface area contributed by atoms with Crippen molar-refractivity contribution >= 4 is 5.97 Å². The van der Waals surface area contributed by atoms with Crippen molar-refractivity contribution < 1.29 is 19.4 Å². The first-order valence-corrected chi connectivity index (χ1v) is 9.73. The zero-order chi connectivity index (χ0) is 20.2. The lowest BCUT2D eigenvalue weighted by Crippen LogP contribution is -2.15. The molecule has 2 heterocycles. The van der Waals surface area contributed by atoms with Gasteiger partial charge >= 0.3 is 5.97 Å². The zero-order valence-corrected chi connectivity index (χ0v) is 16.3. The summed E-state index contributed by atoms with van der Waals surface area (Å²) in [6.45, 7) is 0.669. The van der Waals surface area contributed by atoms with Gasteiger partial charge in [-0.2, -0.15) is 0 Å². The molecule has 0 saturated heterocycles. The van der Waals surface area contributed by atoms with Crippen molar-refractivity contribution in [2.75, 3.05) is 13.7 Å². The molecule has 0 saturated carbocycles. The summed E-state index contributed by atoms with van der Waals surface area (Å²) >= 11 is 0. The van der Waals surface area contributed by atoms with E-state index in [4.69, 9.17) is 9.47 Å². The summed E-state index contributed by atoms with van der Waals surface area (Å²) in [4.78, 5) is 15.5. The normalized spacial score (nSPS) is 15.3. The monoisotopic (exact) mass is 389 g/mol. The standard InChI is InChI=1S/C24H23NO4/c1-28-20-7-4-16(5-8-20)18-6-9-21-17(11-13-29-23(21)14-18)2-3-19-15-25-12-10-22(19)24(26)27/h4-10,12,14-15,17H,2-3,11,13H2,1H3,(H,26,27)/t17-/m0/s1. The van der Waals surface area contributed by atoms with Crippen molar-refractivity contribution in [3.8, 4) is 22.6 Å². The highest BCUT2D eigenvalue weighted by atomic mass is 16.5. The van der Waals surface area contributed by atoms with Crippen LogP contribution in [0.4, 0.5) is 0 Å². The first-order chi connectivity index (χ1) is 14.2. The molecule has 2 aromatic carbocycles. The van der Waals surface area contributed by atoms with Crippen LogP contribution in [0.15, 0.2) is 60.9 Å². The third-order valence-electron chi connectivity index (χ3n) is 5.50. The molecule has 0 fully saturated rings. The van der Waals surface area contributed by atoms with Gasteiger partial charge in [-0.05, 0) is 71.7 Å². The summed E-state index contributed by atoms with van der Waals surface area (Å²) in [6, 6.07) is 15.9. The number of rotatable bonds is 6. The van der Waals surface area contributed by atoms with Gasteiger partial charge in [0.25, 0.3) is 0 Å². The third-order valence-corrected chi connectivity index (χ3v) is 5.50. The number of ether oxygens (including phenoxy) is 2. The Hall–Kier alpha value is -3.34. The minimum atomic E-state index is -0.904. The summed E-state index contributed by atoms with van der Waals surface area (Å²) < 4.78 is 11.2. The van der Waals surface area contributed by atoms with Crippen LogP contribution in [0.5, 0.6) is 11.5 Å². The number of carboxylic acid groups (broad SMARTS) is 1. The lowest BCUT2D eigenvalue weighted by molar-refractivity contribution is 0.0695. The number of carbonyl (C=O) groups is 1. The van der Waals surface area contributed by atoms with Gasteiger partial charge in [-0.1, -0.05) is 24.3 Å². The quantitative estimate of drug-likeness (QED) is 0.646. The molecule has 4 rings (SSSR count). The number of aromatic nitrogens is 1. The van der Waals surface area contributed by atoms with Crippen molar-refractivity contribution in [1.29, 1.82) is 0 Å². The third kappa shape index (κ3) is 4.09. The van der Waals surface area contributed by atoms with Crippen LogP contribution in [0, 0.1) is 0 Å². The Morgan fingerprint density at radius 1 is 1.17 bits per heavy atom. The van der Waals surface area contributed by atoms with Gasteiger partial charge in [0, 0.05) is 12.4 Å². The predicted octanol–water partition coefficient (Wildman–Crippen LogP) is 4.95. The first kappa shape index (κ1) is 19.0. The van der Waals surface area contributed by atoms with Crippen LogP contribution in [0.1, 0.15) is 40.2 Å². The van der Waals surface area contributed by atoms with Crippen LogP contribution >= 0.6 is 0 Å². The minimum Gasteiger partial charge on any atom is -0.497 e. The number of carboxylic acids is 1. The summed E-state index contributed by atoms with van der Waals surface area (Å²) in [6.07, 6.45) is 5.66. The van der Waals surface area contributed by atoms with E-state index in [0.29, 0.717) is 24.5 Å². The molecular formula is C24H23NO4. The van der Waals surface area contributed by atoms with Gasteiger partial charge in [0.05, 0.1) is 19.3 Å². The van der Waals surface area contributed by atoms with Gasteiger partial charge in [-0.25, -0.2) is 4.79 Å². The van der Waals surface area contributed by atoms with Crippen molar-refractivity contribution in [3.63, 3.8) is 0 Å². The van der Waals surface area contributed by atoms with Crippen molar-refractivity contribution in [2.24, 2.45) is 0 Å². The molecule has 1 aliphatic heterocycles. The molecule has 5 heteroatoms. The highest BCUT2D eigenvalue weighted by Gasteiger charge is 2.22. The average Bonchev–Trinajstić information content (AvgIpc) is 2.77. The molecule has 1 N–H and O–H groups in total. The molecule has 1 aliphatic rings. The maximum atomic E-state index is 11.4. The highest BCUT2D eigenvalue weighted by Crippen LogP contribution is 2.39. The van der Waals surface area contributed by atoms with Crippen molar-refractivity contribution in [2.45, 2.75) is 25.2 Å². The molecule has 0 spiro atoms. The van der Waals surface area contributed by atoms with Crippen LogP contribution in [0.25, 0.3) is 11.1 Å². The molecule has 1 aromatic heterocycles. The second-order valence-electron chi connectivity index (χ2n) is 7.19. The molecule has 148 valence electrons. The SMILES string of the molecule is COc1ccc(-c2ccc3c(c2)OCC[C@@H]3CCc2cnccc2C(=O)O)cc1. The van der Waals surface area contributed by atoms with E-state index in [1.165, 1.54) is 11.8 Å². The van der Waals surface area contributed by atoms with E-state index < -0.39 is 5.97 Å². The molecule has 1 atom stereocenters. The number of nitrogens with zero attached hydrogens (tertiary/aromatic N) is 1. The average molecular weight is 389 g/mol. The topological polar surface area (TPSA) is 68.7 Å². The van der Waals surface area contributed by atoms with E-state index in [-0.39, 0.29) is 0 Å². The molecule has 0 radical (unpaired) electrons. The molecule has 0 unspecified atom stereocenters. The van der Waals surface area contributed by atoms with E-state index in [9.17, 15) is 9.90 Å². The Bertz CT molecular complexity index is 1010. The Kier molecular flexibility index (Phi) is 5.47. The summed E-state index contributed by atoms with van der Waals surface area (Å²) in [7, 11) is 1.66. The Labute approximate surface area is 169 Å². The van der Waals surface area contributed by atoms with E-state index in [2.05, 4.69) is 23.2 Å². The van der Waals surface area contributed by atoms with Gasteiger partial charge < -0.3 is 14.6 Å². The molecule has 3 aromatic rings. The number of benzene rings is 2. The fraction of sp³-hybridized carbons (Fsp3) is 0.250. The van der Waals surface area contributed by atoms with Gasteiger partial charge in [0.2, 0.25) is 0 Å². The molecular weight excluding hydrogens is 366 g/mol. The number of aromatic carboxylic acids is 1. The summed E-state index contributed by atoms with van der Waals surface area (Å²) in [5, 5.41) is 9.38. The second-order valence-corrected chi connectivity index (χ2v) is 7.19. The fourth-order valence-corrected chi connectivity index (χ4v) is 3.89. The maximum absolute atomic E-state index is 11.4. The molecule has 0 amide bonds. The Morgan fingerprint density at radius 2 is 1.97 bits per heavy atom. The lowest BCUT2D eigenvalue weighted by Gasteiger charge is -2.26. The number of fused-ring (bicyclic) bond motifs is 1.